The lowest BCUT2D eigenvalue weighted by Gasteiger charge is -2.32. The molecular weight excluding hydrogens is 194 g/mol. The van der Waals surface area contributed by atoms with Gasteiger partial charge in [-0.25, -0.2) is 0 Å². The van der Waals surface area contributed by atoms with Crippen molar-refractivity contribution in [3.8, 4) is 0 Å². The highest BCUT2D eigenvalue weighted by Crippen LogP contribution is 2.23. The number of rotatable bonds is 3. The van der Waals surface area contributed by atoms with Crippen molar-refractivity contribution in [3.63, 3.8) is 0 Å². The van der Waals surface area contributed by atoms with E-state index in [0.29, 0.717) is 0 Å². The molecule has 1 fully saturated rings. The normalized spacial score (nSPS) is 20.4. The molecular formula is C11H17NO3. The van der Waals surface area contributed by atoms with Gasteiger partial charge in [-0.1, -0.05) is 0 Å². The Morgan fingerprint density at radius 2 is 2.13 bits per heavy atom. The molecule has 1 aliphatic rings. The molecule has 1 atom stereocenters. The Labute approximate surface area is 89.4 Å². The van der Waals surface area contributed by atoms with Gasteiger partial charge in [0.1, 0.15) is 11.5 Å². The summed E-state index contributed by atoms with van der Waals surface area (Å²) in [5.41, 5.74) is 0. The van der Waals surface area contributed by atoms with Gasteiger partial charge >= 0.3 is 0 Å². The van der Waals surface area contributed by atoms with Crippen LogP contribution in [0, 0.1) is 6.92 Å². The molecule has 0 saturated carbocycles. The van der Waals surface area contributed by atoms with Gasteiger partial charge in [0.25, 0.3) is 0 Å². The number of aliphatic hydroxyl groups excluding tert-OH is 1. The van der Waals surface area contributed by atoms with Crippen LogP contribution in [0.25, 0.3) is 0 Å². The van der Waals surface area contributed by atoms with Gasteiger partial charge in [0, 0.05) is 13.1 Å². The van der Waals surface area contributed by atoms with Crippen LogP contribution in [0.1, 0.15) is 17.6 Å². The van der Waals surface area contributed by atoms with Gasteiger partial charge in [-0.05, 0) is 19.1 Å². The van der Waals surface area contributed by atoms with E-state index in [1.165, 1.54) is 0 Å². The number of aliphatic hydroxyl groups is 1. The Hall–Kier alpha value is -0.840. The molecule has 0 aliphatic carbocycles. The molecule has 0 radical (unpaired) electrons. The molecule has 1 unspecified atom stereocenters. The molecule has 1 saturated heterocycles. The minimum atomic E-state index is -0.0254. The molecule has 2 rings (SSSR count). The molecule has 4 nitrogen and oxygen atoms in total. The van der Waals surface area contributed by atoms with Crippen molar-refractivity contribution in [2.75, 3.05) is 32.9 Å². The monoisotopic (exact) mass is 211 g/mol. The number of ether oxygens (including phenoxy) is 1. The highest BCUT2D eigenvalue weighted by molar-refractivity contribution is 5.10. The summed E-state index contributed by atoms with van der Waals surface area (Å²) in [6, 6.07) is 3.84. The van der Waals surface area contributed by atoms with Gasteiger partial charge in [0.05, 0.1) is 25.9 Å². The van der Waals surface area contributed by atoms with Gasteiger partial charge in [-0.15, -0.1) is 0 Å². The molecule has 0 bridgehead atoms. The second-order valence-corrected chi connectivity index (χ2v) is 3.80. The topological polar surface area (TPSA) is 45.8 Å². The molecule has 1 aliphatic heterocycles. The van der Waals surface area contributed by atoms with Crippen molar-refractivity contribution >= 4 is 0 Å². The lowest BCUT2D eigenvalue weighted by molar-refractivity contribution is -0.00293. The van der Waals surface area contributed by atoms with Gasteiger partial charge in [-0.3, -0.25) is 4.90 Å². The Morgan fingerprint density at radius 1 is 1.40 bits per heavy atom. The van der Waals surface area contributed by atoms with Gasteiger partial charge in [0.15, 0.2) is 0 Å². The fraction of sp³-hybridized carbons (Fsp3) is 0.636. The van der Waals surface area contributed by atoms with E-state index in [0.717, 1.165) is 37.8 Å². The standard InChI is InChI=1S/C11H17NO3/c1-9-2-3-11(15-9)10(8-13)12-4-6-14-7-5-12/h2-3,10,13H,4-8H2,1H3. The van der Waals surface area contributed by atoms with Crippen LogP contribution in [0.15, 0.2) is 16.5 Å². The minimum Gasteiger partial charge on any atom is -0.465 e. The molecule has 1 aromatic rings. The van der Waals surface area contributed by atoms with Crippen molar-refractivity contribution in [2.45, 2.75) is 13.0 Å². The first-order chi connectivity index (χ1) is 7.31. The van der Waals surface area contributed by atoms with Crippen molar-refractivity contribution in [2.24, 2.45) is 0 Å². The Morgan fingerprint density at radius 3 is 2.67 bits per heavy atom. The maximum Gasteiger partial charge on any atom is 0.123 e. The van der Waals surface area contributed by atoms with E-state index in [4.69, 9.17) is 9.15 Å². The lowest BCUT2D eigenvalue weighted by atomic mass is 10.2. The molecule has 4 heteroatoms. The van der Waals surface area contributed by atoms with Crippen LogP contribution in [0.3, 0.4) is 0 Å². The zero-order chi connectivity index (χ0) is 10.7. The van der Waals surface area contributed by atoms with E-state index in [1.54, 1.807) is 0 Å². The van der Waals surface area contributed by atoms with Crippen LogP contribution in [0.4, 0.5) is 0 Å². The predicted molar refractivity (Wildman–Crippen MR) is 55.7 cm³/mol. The first kappa shape index (κ1) is 10.7. The number of hydrogen-bond donors (Lipinski definition) is 1. The predicted octanol–water partition coefficient (Wildman–Crippen LogP) is 0.954. The van der Waals surface area contributed by atoms with E-state index in [2.05, 4.69) is 4.90 Å². The smallest absolute Gasteiger partial charge is 0.123 e. The van der Waals surface area contributed by atoms with Crippen LogP contribution in [-0.4, -0.2) is 42.9 Å². The fourth-order valence-electron chi connectivity index (χ4n) is 1.91. The maximum atomic E-state index is 9.40. The van der Waals surface area contributed by atoms with Gasteiger partial charge in [0.2, 0.25) is 0 Å². The average Bonchev–Trinajstić information content (AvgIpc) is 2.68. The molecule has 0 aromatic carbocycles. The minimum absolute atomic E-state index is 0.0254. The molecule has 15 heavy (non-hydrogen) atoms. The summed E-state index contributed by atoms with van der Waals surface area (Å²) in [4.78, 5) is 2.20. The highest BCUT2D eigenvalue weighted by atomic mass is 16.5. The molecule has 1 aromatic heterocycles. The highest BCUT2D eigenvalue weighted by Gasteiger charge is 2.24. The third-order valence-electron chi connectivity index (χ3n) is 2.75. The summed E-state index contributed by atoms with van der Waals surface area (Å²) < 4.78 is 10.8. The SMILES string of the molecule is Cc1ccc(C(CO)N2CCOCC2)o1. The zero-order valence-corrected chi connectivity index (χ0v) is 8.98. The third kappa shape index (κ3) is 2.40. The second kappa shape index (κ2) is 4.79. The van der Waals surface area contributed by atoms with E-state index < -0.39 is 0 Å². The number of morpholine rings is 1. The lowest BCUT2D eigenvalue weighted by Crippen LogP contribution is -2.40. The van der Waals surface area contributed by atoms with Gasteiger partial charge in [-0.2, -0.15) is 0 Å². The van der Waals surface area contributed by atoms with E-state index in [1.807, 2.05) is 19.1 Å². The summed E-state index contributed by atoms with van der Waals surface area (Å²) in [5, 5.41) is 9.40. The average molecular weight is 211 g/mol. The molecule has 1 N–H and O–H groups in total. The van der Waals surface area contributed by atoms with Crippen LogP contribution in [0.5, 0.6) is 0 Å². The molecule has 0 amide bonds. The van der Waals surface area contributed by atoms with Crippen LogP contribution in [0.2, 0.25) is 0 Å². The van der Waals surface area contributed by atoms with E-state index >= 15 is 0 Å². The van der Waals surface area contributed by atoms with Crippen LogP contribution >= 0.6 is 0 Å². The Balaban J connectivity index is 2.08. The Kier molecular flexibility index (Phi) is 3.41. The summed E-state index contributed by atoms with van der Waals surface area (Å²) in [6.45, 7) is 5.17. The third-order valence-corrected chi connectivity index (χ3v) is 2.75. The summed E-state index contributed by atoms with van der Waals surface area (Å²) in [7, 11) is 0. The quantitative estimate of drug-likeness (QED) is 0.808. The second-order valence-electron chi connectivity index (χ2n) is 3.80. The van der Waals surface area contributed by atoms with Crippen LogP contribution in [-0.2, 0) is 4.74 Å². The first-order valence-corrected chi connectivity index (χ1v) is 5.30. The fourth-order valence-corrected chi connectivity index (χ4v) is 1.91. The Bertz CT molecular complexity index is 305. The van der Waals surface area contributed by atoms with E-state index in [-0.39, 0.29) is 12.6 Å². The largest absolute Gasteiger partial charge is 0.465 e. The van der Waals surface area contributed by atoms with Crippen LogP contribution < -0.4 is 0 Å². The number of nitrogens with zero attached hydrogens (tertiary/aromatic N) is 1. The molecule has 84 valence electrons. The van der Waals surface area contributed by atoms with Crippen molar-refractivity contribution in [1.29, 1.82) is 0 Å². The number of aryl methyl sites for hydroxylation is 1. The summed E-state index contributed by atoms with van der Waals surface area (Å²) in [5.74, 6) is 1.73. The summed E-state index contributed by atoms with van der Waals surface area (Å²) in [6.07, 6.45) is 0. The molecule has 2 heterocycles. The van der Waals surface area contributed by atoms with Crippen molar-refractivity contribution in [1.82, 2.24) is 4.90 Å². The van der Waals surface area contributed by atoms with E-state index in [9.17, 15) is 5.11 Å². The summed E-state index contributed by atoms with van der Waals surface area (Å²) >= 11 is 0. The number of furan rings is 1. The van der Waals surface area contributed by atoms with Crippen molar-refractivity contribution in [3.05, 3.63) is 23.7 Å². The first-order valence-electron chi connectivity index (χ1n) is 5.30. The maximum absolute atomic E-state index is 9.40. The number of hydrogen-bond acceptors (Lipinski definition) is 4. The molecule has 0 spiro atoms. The zero-order valence-electron chi connectivity index (χ0n) is 8.98. The van der Waals surface area contributed by atoms with Gasteiger partial charge < -0.3 is 14.3 Å². The van der Waals surface area contributed by atoms with Crippen molar-refractivity contribution < 1.29 is 14.3 Å².